The first-order chi connectivity index (χ1) is 14.1. The lowest BCUT2D eigenvalue weighted by atomic mass is 9.70. The quantitative estimate of drug-likeness (QED) is 0.648. The minimum Gasteiger partial charge on any atom is -0.362 e. The number of hydrogen-bond acceptors (Lipinski definition) is 6. The van der Waals surface area contributed by atoms with Gasteiger partial charge >= 0.3 is 0 Å². The van der Waals surface area contributed by atoms with Crippen LogP contribution < -0.4 is 5.32 Å². The molecule has 0 aliphatic carbocycles. The first-order valence-corrected chi connectivity index (χ1v) is 10.9. The third-order valence-electron chi connectivity index (χ3n) is 5.68. The minimum atomic E-state index is -0.181. The van der Waals surface area contributed by atoms with Crippen molar-refractivity contribution in [2.24, 2.45) is 0 Å². The van der Waals surface area contributed by atoms with Gasteiger partial charge in [0.15, 0.2) is 10.8 Å². The molecule has 1 amide bonds. The molecule has 0 bridgehead atoms. The second kappa shape index (κ2) is 8.32. The van der Waals surface area contributed by atoms with Crippen molar-refractivity contribution in [1.29, 1.82) is 0 Å². The van der Waals surface area contributed by atoms with Crippen LogP contribution in [-0.4, -0.2) is 50.8 Å². The van der Waals surface area contributed by atoms with E-state index < -0.39 is 0 Å². The third-order valence-corrected chi connectivity index (χ3v) is 6.48. The highest BCUT2D eigenvalue weighted by Gasteiger charge is 2.41. The first kappa shape index (κ1) is 19.6. The zero-order chi connectivity index (χ0) is 20.3. The van der Waals surface area contributed by atoms with Crippen LogP contribution in [0.4, 0.5) is 5.13 Å². The van der Waals surface area contributed by atoms with Crippen LogP contribution in [0.25, 0.3) is 0 Å². The fraction of sp³-hybridized carbons (Fsp3) is 0.429. The Hall–Kier alpha value is -2.74. The predicted molar refractivity (Wildman–Crippen MR) is 114 cm³/mol. The number of anilines is 1. The molecule has 0 spiro atoms. The monoisotopic (exact) mass is 410 g/mol. The lowest BCUT2D eigenvalue weighted by molar-refractivity contribution is 0.0677. The summed E-state index contributed by atoms with van der Waals surface area (Å²) in [5.74, 6) is -0.0542. The van der Waals surface area contributed by atoms with Crippen LogP contribution in [0.5, 0.6) is 0 Å². The van der Waals surface area contributed by atoms with Crippen molar-refractivity contribution in [3.8, 4) is 0 Å². The molecule has 29 heavy (non-hydrogen) atoms. The zero-order valence-electron chi connectivity index (χ0n) is 16.8. The smallest absolute Gasteiger partial charge is 0.276 e. The highest BCUT2D eigenvalue weighted by atomic mass is 32.1. The van der Waals surface area contributed by atoms with Gasteiger partial charge in [-0.1, -0.05) is 37.3 Å². The Morgan fingerprint density at radius 2 is 2.00 bits per heavy atom. The van der Waals surface area contributed by atoms with Crippen LogP contribution in [0.2, 0.25) is 0 Å². The van der Waals surface area contributed by atoms with Crippen molar-refractivity contribution in [1.82, 2.24) is 25.3 Å². The first-order valence-electron chi connectivity index (χ1n) is 10.1. The number of piperidine rings is 1. The predicted octanol–water partition coefficient (Wildman–Crippen LogP) is 3.61. The number of rotatable bonds is 6. The Bertz CT molecular complexity index is 958. The molecule has 152 valence electrons. The molecule has 0 saturated carbocycles. The second-order valence-electron chi connectivity index (χ2n) is 7.46. The minimum absolute atomic E-state index is 0.0542. The van der Waals surface area contributed by atoms with Gasteiger partial charge < -0.3 is 10.2 Å². The lowest BCUT2D eigenvalue weighted by Gasteiger charge is -2.41. The number of aromatic amines is 1. The van der Waals surface area contributed by atoms with Crippen LogP contribution in [0.3, 0.4) is 0 Å². The van der Waals surface area contributed by atoms with Gasteiger partial charge in [-0.15, -0.1) is 11.3 Å². The number of amides is 1. The Morgan fingerprint density at radius 3 is 2.66 bits per heavy atom. The zero-order valence-corrected chi connectivity index (χ0v) is 17.6. The summed E-state index contributed by atoms with van der Waals surface area (Å²) >= 11 is 1.66. The van der Waals surface area contributed by atoms with Gasteiger partial charge in [-0.3, -0.25) is 4.79 Å². The molecule has 1 aromatic carbocycles. The maximum absolute atomic E-state index is 12.9. The summed E-state index contributed by atoms with van der Waals surface area (Å²) < 4.78 is 0. The summed E-state index contributed by atoms with van der Waals surface area (Å²) in [5.41, 5.74) is 3.23. The Morgan fingerprint density at radius 1 is 1.24 bits per heavy atom. The largest absolute Gasteiger partial charge is 0.362 e. The van der Waals surface area contributed by atoms with E-state index in [1.807, 2.05) is 11.0 Å². The molecule has 2 N–H and O–H groups in total. The highest BCUT2D eigenvalue weighted by Crippen LogP contribution is 2.42. The van der Waals surface area contributed by atoms with Gasteiger partial charge in [-0.05, 0) is 31.7 Å². The molecule has 4 rings (SSSR count). The molecule has 0 atom stereocenters. The Balaban J connectivity index is 1.60. The Labute approximate surface area is 174 Å². The highest BCUT2D eigenvalue weighted by molar-refractivity contribution is 7.13. The van der Waals surface area contributed by atoms with Gasteiger partial charge in [0, 0.05) is 30.4 Å². The number of hydrogen-bond donors (Lipinski definition) is 2. The molecule has 3 heterocycles. The number of benzene rings is 1. The molecular weight excluding hydrogens is 384 g/mol. The second-order valence-corrected chi connectivity index (χ2v) is 8.32. The van der Waals surface area contributed by atoms with Gasteiger partial charge in [0.05, 0.1) is 11.4 Å². The summed E-state index contributed by atoms with van der Waals surface area (Å²) in [5, 5.41) is 17.1. The molecule has 3 aromatic rings. The number of nitrogens with one attached hydrogen (secondary N) is 2. The molecule has 1 aliphatic rings. The molecule has 0 unspecified atom stereocenters. The summed E-state index contributed by atoms with van der Waals surface area (Å²) in [6.07, 6.45) is 2.73. The topological polar surface area (TPSA) is 86.8 Å². The number of carbonyl (C=O) groups is 1. The van der Waals surface area contributed by atoms with Crippen LogP contribution in [0.15, 0.2) is 35.7 Å². The van der Waals surface area contributed by atoms with E-state index in [0.717, 1.165) is 36.6 Å². The molecule has 0 radical (unpaired) electrons. The normalized spacial score (nSPS) is 16.0. The van der Waals surface area contributed by atoms with Crippen LogP contribution in [0, 0.1) is 6.92 Å². The molecule has 2 aromatic heterocycles. The maximum atomic E-state index is 12.9. The van der Waals surface area contributed by atoms with Gasteiger partial charge in [0.25, 0.3) is 5.91 Å². The number of carbonyl (C=O) groups excluding carboxylic acids is 1. The van der Waals surface area contributed by atoms with Gasteiger partial charge in [0.2, 0.25) is 0 Å². The number of nitrogens with zero attached hydrogens (tertiary/aromatic N) is 4. The fourth-order valence-electron chi connectivity index (χ4n) is 3.98. The molecule has 1 fully saturated rings. The number of H-pyrrole nitrogens is 1. The van der Waals surface area contributed by atoms with Crippen LogP contribution in [-0.2, 0) is 5.41 Å². The summed E-state index contributed by atoms with van der Waals surface area (Å²) in [6, 6.07) is 10.6. The van der Waals surface area contributed by atoms with Gasteiger partial charge in [0.1, 0.15) is 0 Å². The van der Waals surface area contributed by atoms with E-state index in [0.29, 0.717) is 24.5 Å². The number of aromatic nitrogens is 4. The summed E-state index contributed by atoms with van der Waals surface area (Å²) in [6.45, 7) is 6.19. The number of aryl methyl sites for hydroxylation is 1. The van der Waals surface area contributed by atoms with Crippen LogP contribution in [0.1, 0.15) is 53.6 Å². The van der Waals surface area contributed by atoms with E-state index in [1.54, 1.807) is 18.3 Å². The fourth-order valence-corrected chi connectivity index (χ4v) is 4.82. The maximum Gasteiger partial charge on any atom is 0.276 e. The van der Waals surface area contributed by atoms with Crippen molar-refractivity contribution in [3.05, 3.63) is 58.4 Å². The SMILES string of the molecule is CCCNc1nc(C2(c3ccccc3)CCN(C(=O)c3n[nH]nc3C)CC2)cs1. The van der Waals surface area contributed by atoms with E-state index >= 15 is 0 Å². The third kappa shape index (κ3) is 3.76. The molecule has 8 heteroatoms. The molecule has 7 nitrogen and oxygen atoms in total. The van der Waals surface area contributed by atoms with E-state index in [1.165, 1.54) is 5.56 Å². The van der Waals surface area contributed by atoms with Crippen molar-refractivity contribution >= 4 is 22.4 Å². The number of likely N-dealkylation sites (tertiary alicyclic amines) is 1. The lowest BCUT2D eigenvalue weighted by Crippen LogP contribution is -2.46. The molecule has 1 saturated heterocycles. The van der Waals surface area contributed by atoms with E-state index in [-0.39, 0.29) is 11.3 Å². The Kier molecular flexibility index (Phi) is 5.62. The van der Waals surface area contributed by atoms with Crippen molar-refractivity contribution < 1.29 is 4.79 Å². The van der Waals surface area contributed by atoms with Crippen molar-refractivity contribution in [2.45, 2.75) is 38.5 Å². The summed E-state index contributed by atoms with van der Waals surface area (Å²) in [4.78, 5) is 19.7. The molecule has 1 aliphatic heterocycles. The van der Waals surface area contributed by atoms with Crippen molar-refractivity contribution in [3.63, 3.8) is 0 Å². The van der Waals surface area contributed by atoms with Crippen molar-refractivity contribution in [2.75, 3.05) is 25.0 Å². The number of thiazole rings is 1. The molecular formula is C21H26N6OS. The standard InChI is InChI=1S/C21H26N6OS/c1-3-11-22-20-23-17(14-29-20)21(16-7-5-4-6-8-16)9-12-27(13-10-21)19(28)18-15(2)24-26-25-18/h4-8,14H,3,9-13H2,1-2H3,(H,22,23)(H,24,25,26). The van der Waals surface area contributed by atoms with Crippen LogP contribution >= 0.6 is 11.3 Å². The van der Waals surface area contributed by atoms with E-state index in [2.05, 4.69) is 57.3 Å². The van der Waals surface area contributed by atoms with Gasteiger partial charge in [-0.25, -0.2) is 4.98 Å². The summed E-state index contributed by atoms with van der Waals surface area (Å²) in [7, 11) is 0. The van der Waals surface area contributed by atoms with E-state index in [9.17, 15) is 4.79 Å². The average molecular weight is 411 g/mol. The average Bonchev–Trinajstić information content (AvgIpc) is 3.42. The van der Waals surface area contributed by atoms with E-state index in [4.69, 9.17) is 4.98 Å². The van der Waals surface area contributed by atoms with Gasteiger partial charge in [-0.2, -0.15) is 15.4 Å².